The molecular weight excluding hydrogens is 309 g/mol. The van der Waals surface area contributed by atoms with E-state index in [0.29, 0.717) is 5.02 Å². The van der Waals surface area contributed by atoms with Gasteiger partial charge in [-0.05, 0) is 24.3 Å². The Kier molecular flexibility index (Phi) is 4.79. The van der Waals surface area contributed by atoms with Crippen LogP contribution in [0, 0.1) is 0 Å². The van der Waals surface area contributed by atoms with Gasteiger partial charge in [0, 0.05) is 22.2 Å². The summed E-state index contributed by atoms with van der Waals surface area (Å²) in [7, 11) is -2.49. The number of hydrogen-bond acceptors (Lipinski definition) is 4. The van der Waals surface area contributed by atoms with Gasteiger partial charge in [-0.2, -0.15) is 0 Å². The van der Waals surface area contributed by atoms with Crippen LogP contribution in [-0.2, 0) is 19.1 Å². The molecule has 0 aliphatic rings. The van der Waals surface area contributed by atoms with Crippen molar-refractivity contribution in [1.29, 1.82) is 0 Å². The van der Waals surface area contributed by atoms with E-state index >= 15 is 0 Å². The highest BCUT2D eigenvalue weighted by molar-refractivity contribution is 8.13. The van der Waals surface area contributed by atoms with Crippen LogP contribution in [0.5, 0.6) is 0 Å². The van der Waals surface area contributed by atoms with E-state index in [1.807, 2.05) is 0 Å². The zero-order valence-electron chi connectivity index (χ0n) is 8.43. The Hall–Kier alpha value is -0.340. The maximum absolute atomic E-state index is 11.6. The Morgan fingerprint density at radius 2 is 1.59 bits per heavy atom. The summed E-state index contributed by atoms with van der Waals surface area (Å²) in [5.41, 5.74) is 0. The minimum atomic E-state index is -3.73. The summed E-state index contributed by atoms with van der Waals surface area (Å²) in [5.74, 6) is -0.471. The van der Waals surface area contributed by atoms with Crippen LogP contribution in [0.15, 0.2) is 29.2 Å². The molecule has 0 atom stereocenters. The maximum atomic E-state index is 11.6. The molecule has 5 nitrogen and oxygen atoms in total. The molecule has 0 saturated heterocycles. The molecule has 17 heavy (non-hydrogen) atoms. The molecule has 0 amide bonds. The summed E-state index contributed by atoms with van der Waals surface area (Å²) in [6.07, 6.45) is 0. The third-order valence-electron chi connectivity index (χ3n) is 1.76. The fourth-order valence-corrected chi connectivity index (χ4v) is 2.86. The van der Waals surface area contributed by atoms with Crippen LogP contribution in [0.1, 0.15) is 0 Å². The minimum absolute atomic E-state index is 0.00821. The van der Waals surface area contributed by atoms with Gasteiger partial charge < -0.3 is 0 Å². The van der Waals surface area contributed by atoms with Crippen LogP contribution in [0.25, 0.3) is 0 Å². The molecule has 0 heterocycles. The monoisotopic (exact) mass is 317 g/mol. The quantitative estimate of drug-likeness (QED) is 0.827. The van der Waals surface area contributed by atoms with Crippen molar-refractivity contribution in [2.75, 3.05) is 12.3 Å². The Balaban J connectivity index is 2.73. The zero-order chi connectivity index (χ0) is 13.1. The van der Waals surface area contributed by atoms with Gasteiger partial charge in [0.05, 0.1) is 10.6 Å². The van der Waals surface area contributed by atoms with Crippen LogP contribution in [-0.4, -0.2) is 29.1 Å². The number of nitrogens with one attached hydrogen (secondary N) is 1. The molecule has 0 spiro atoms. The fourth-order valence-electron chi connectivity index (χ4n) is 0.995. The standard InChI is InChI=1S/C8H9Cl2NO4S2/c9-7-1-3-8(4-2-7)17(14,15)11-5-6-16(10,12)13/h1-4,11H,5-6H2. The molecule has 0 aliphatic heterocycles. The van der Waals surface area contributed by atoms with Crippen molar-refractivity contribution >= 4 is 41.4 Å². The summed E-state index contributed by atoms with van der Waals surface area (Å²) in [5, 5.41) is 0.410. The first-order chi connectivity index (χ1) is 7.71. The van der Waals surface area contributed by atoms with E-state index < -0.39 is 24.8 Å². The van der Waals surface area contributed by atoms with Gasteiger partial charge >= 0.3 is 0 Å². The molecule has 1 rings (SSSR count). The molecule has 1 N–H and O–H groups in total. The summed E-state index contributed by atoms with van der Waals surface area (Å²) in [4.78, 5) is 0.00821. The molecule has 0 saturated carbocycles. The van der Waals surface area contributed by atoms with Gasteiger partial charge in [0.25, 0.3) is 0 Å². The Bertz CT molecular complexity index is 580. The lowest BCUT2D eigenvalue weighted by molar-refractivity contribution is 0.582. The van der Waals surface area contributed by atoms with Gasteiger partial charge in [0.15, 0.2) is 0 Å². The van der Waals surface area contributed by atoms with E-state index in [0.717, 1.165) is 0 Å². The molecule has 0 fully saturated rings. The molecule has 0 bridgehead atoms. The van der Waals surface area contributed by atoms with Crippen molar-refractivity contribution in [3.05, 3.63) is 29.3 Å². The van der Waals surface area contributed by atoms with Crippen molar-refractivity contribution in [3.63, 3.8) is 0 Å². The van der Waals surface area contributed by atoms with Crippen molar-refractivity contribution in [2.45, 2.75) is 4.90 Å². The van der Waals surface area contributed by atoms with Gasteiger partial charge in [-0.3, -0.25) is 0 Å². The number of rotatable bonds is 5. The average molecular weight is 318 g/mol. The van der Waals surface area contributed by atoms with Crippen LogP contribution >= 0.6 is 22.3 Å². The molecule has 1 aromatic rings. The lowest BCUT2D eigenvalue weighted by Gasteiger charge is -2.05. The normalized spacial score (nSPS) is 12.6. The Morgan fingerprint density at radius 1 is 1.06 bits per heavy atom. The predicted molar refractivity (Wildman–Crippen MR) is 66.3 cm³/mol. The van der Waals surface area contributed by atoms with E-state index in [4.69, 9.17) is 22.3 Å². The van der Waals surface area contributed by atoms with E-state index in [1.54, 1.807) is 0 Å². The number of hydrogen-bond donors (Lipinski definition) is 1. The van der Waals surface area contributed by atoms with Crippen molar-refractivity contribution < 1.29 is 16.8 Å². The minimum Gasteiger partial charge on any atom is -0.212 e. The van der Waals surface area contributed by atoms with Crippen LogP contribution in [0.2, 0.25) is 5.02 Å². The number of halogens is 2. The van der Waals surface area contributed by atoms with Gasteiger partial charge in [-0.15, -0.1) is 0 Å². The lowest BCUT2D eigenvalue weighted by atomic mass is 10.4. The van der Waals surface area contributed by atoms with Crippen molar-refractivity contribution in [2.24, 2.45) is 0 Å². The van der Waals surface area contributed by atoms with E-state index in [-0.39, 0.29) is 11.4 Å². The van der Waals surface area contributed by atoms with Crippen LogP contribution in [0.4, 0.5) is 0 Å². The smallest absolute Gasteiger partial charge is 0.212 e. The van der Waals surface area contributed by atoms with E-state index in [2.05, 4.69) is 4.72 Å². The summed E-state index contributed by atoms with van der Waals surface area (Å²) < 4.78 is 46.6. The summed E-state index contributed by atoms with van der Waals surface area (Å²) in [6.45, 7) is -0.281. The highest BCUT2D eigenvalue weighted by atomic mass is 35.7. The first kappa shape index (κ1) is 14.7. The molecule has 0 aliphatic carbocycles. The van der Waals surface area contributed by atoms with Gasteiger partial charge in [0.2, 0.25) is 19.1 Å². The van der Waals surface area contributed by atoms with E-state index in [1.165, 1.54) is 24.3 Å². The average Bonchev–Trinajstić information content (AvgIpc) is 2.15. The van der Waals surface area contributed by atoms with Gasteiger partial charge in [-0.25, -0.2) is 21.6 Å². The predicted octanol–water partition coefficient (Wildman–Crippen LogP) is 1.19. The molecule has 0 aromatic heterocycles. The summed E-state index contributed by atoms with van der Waals surface area (Å²) >= 11 is 5.61. The largest absolute Gasteiger partial charge is 0.240 e. The number of benzene rings is 1. The Morgan fingerprint density at radius 3 is 2.06 bits per heavy atom. The van der Waals surface area contributed by atoms with Gasteiger partial charge in [0.1, 0.15) is 0 Å². The molecule has 1 aromatic carbocycles. The highest BCUT2D eigenvalue weighted by Crippen LogP contribution is 2.13. The molecule has 96 valence electrons. The Labute approximate surface area is 109 Å². The third-order valence-corrected chi connectivity index (χ3v) is 4.65. The second-order valence-corrected chi connectivity index (χ2v) is 8.19. The first-order valence-corrected chi connectivity index (χ1v) is 8.72. The summed E-state index contributed by atoms with van der Waals surface area (Å²) in [6, 6.07) is 5.49. The van der Waals surface area contributed by atoms with Gasteiger partial charge in [-0.1, -0.05) is 11.6 Å². The second kappa shape index (κ2) is 5.53. The molecule has 9 heteroatoms. The van der Waals surface area contributed by atoms with E-state index in [9.17, 15) is 16.8 Å². The van der Waals surface area contributed by atoms with Crippen molar-refractivity contribution in [1.82, 2.24) is 4.72 Å². The number of sulfonamides is 1. The molecular formula is C8H9Cl2NO4S2. The second-order valence-electron chi connectivity index (χ2n) is 3.09. The van der Waals surface area contributed by atoms with Crippen LogP contribution < -0.4 is 4.72 Å². The highest BCUT2D eigenvalue weighted by Gasteiger charge is 2.14. The topological polar surface area (TPSA) is 80.3 Å². The molecule has 0 radical (unpaired) electrons. The van der Waals surface area contributed by atoms with Crippen LogP contribution in [0.3, 0.4) is 0 Å². The molecule has 0 unspecified atom stereocenters. The maximum Gasteiger partial charge on any atom is 0.240 e. The SMILES string of the molecule is O=S(=O)(Cl)CCNS(=O)(=O)c1ccc(Cl)cc1. The zero-order valence-corrected chi connectivity index (χ0v) is 11.6. The fraction of sp³-hybridized carbons (Fsp3) is 0.250. The van der Waals surface area contributed by atoms with Crippen molar-refractivity contribution in [3.8, 4) is 0 Å². The third kappa shape index (κ3) is 5.22. The lowest BCUT2D eigenvalue weighted by Crippen LogP contribution is -2.28. The first-order valence-electron chi connectivity index (χ1n) is 4.38.